The number of carbonyl (C=O) groups is 2. The van der Waals surface area contributed by atoms with Gasteiger partial charge in [0.15, 0.2) is 0 Å². The molecular weight excluding hydrogens is 358 g/mol. The van der Waals surface area contributed by atoms with Crippen molar-refractivity contribution >= 4 is 22.8 Å². The standard InChI is InChI=1S/C20H23N5O3/c1-24-12-14-9-13(6-7-15(14)22-24)10-18(26)21-11-16-19(20(27)28-2)17-5-3-4-8-25(17)23-16/h6-7,9,12H,3-5,8,10-11H2,1-2H3,(H,21,26). The number of methoxy groups -OCH3 is 1. The Morgan fingerprint density at radius 3 is 2.93 bits per heavy atom. The van der Waals surface area contributed by atoms with Crippen molar-refractivity contribution in [3.63, 3.8) is 0 Å². The second kappa shape index (κ2) is 7.46. The summed E-state index contributed by atoms with van der Waals surface area (Å²) in [6.45, 7) is 0.997. The van der Waals surface area contributed by atoms with Gasteiger partial charge in [-0.25, -0.2) is 4.79 Å². The Hall–Kier alpha value is -3.16. The first-order valence-corrected chi connectivity index (χ1v) is 9.41. The quantitative estimate of drug-likeness (QED) is 0.680. The van der Waals surface area contributed by atoms with Crippen LogP contribution in [0.1, 0.15) is 40.2 Å². The van der Waals surface area contributed by atoms with Gasteiger partial charge in [-0.1, -0.05) is 6.07 Å². The molecule has 0 saturated heterocycles. The smallest absolute Gasteiger partial charge is 0.341 e. The number of benzene rings is 1. The largest absolute Gasteiger partial charge is 0.465 e. The van der Waals surface area contributed by atoms with Crippen LogP contribution in [0.2, 0.25) is 0 Å². The lowest BCUT2D eigenvalue weighted by Gasteiger charge is -2.13. The third kappa shape index (κ3) is 3.49. The fourth-order valence-corrected chi connectivity index (χ4v) is 3.74. The Balaban J connectivity index is 1.46. The number of ether oxygens (including phenoxy) is 1. The van der Waals surface area contributed by atoms with E-state index in [1.165, 1.54) is 7.11 Å². The van der Waals surface area contributed by atoms with Crippen molar-refractivity contribution < 1.29 is 14.3 Å². The molecule has 0 bridgehead atoms. The summed E-state index contributed by atoms with van der Waals surface area (Å²) in [7, 11) is 3.24. The van der Waals surface area contributed by atoms with Crippen molar-refractivity contribution in [1.29, 1.82) is 0 Å². The van der Waals surface area contributed by atoms with E-state index in [4.69, 9.17) is 4.74 Å². The number of fused-ring (bicyclic) bond motifs is 2. The Labute approximate surface area is 162 Å². The van der Waals surface area contributed by atoms with Crippen molar-refractivity contribution in [3.05, 3.63) is 46.9 Å². The fraction of sp³-hybridized carbons (Fsp3) is 0.400. The Bertz CT molecular complexity index is 1050. The molecule has 1 N–H and O–H groups in total. The van der Waals surface area contributed by atoms with Crippen LogP contribution >= 0.6 is 0 Å². The van der Waals surface area contributed by atoms with E-state index < -0.39 is 5.97 Å². The predicted octanol–water partition coefficient (Wildman–Crippen LogP) is 1.75. The fourth-order valence-electron chi connectivity index (χ4n) is 3.74. The number of aryl methyl sites for hydroxylation is 2. The first kappa shape index (κ1) is 18.2. The van der Waals surface area contributed by atoms with Gasteiger partial charge < -0.3 is 10.1 Å². The molecule has 0 atom stereocenters. The Morgan fingerprint density at radius 2 is 2.11 bits per heavy atom. The summed E-state index contributed by atoms with van der Waals surface area (Å²) in [4.78, 5) is 24.7. The van der Waals surface area contributed by atoms with E-state index >= 15 is 0 Å². The zero-order valence-corrected chi connectivity index (χ0v) is 16.1. The summed E-state index contributed by atoms with van der Waals surface area (Å²) in [5, 5.41) is 12.8. The van der Waals surface area contributed by atoms with Gasteiger partial charge in [-0.05, 0) is 37.0 Å². The SMILES string of the molecule is COC(=O)c1c(CNC(=O)Cc2ccc3nn(C)cc3c2)nn2c1CCCC2. The van der Waals surface area contributed by atoms with Gasteiger partial charge in [-0.2, -0.15) is 10.2 Å². The molecule has 0 radical (unpaired) electrons. The third-order valence-electron chi connectivity index (χ3n) is 5.05. The van der Waals surface area contributed by atoms with E-state index in [1.807, 2.05) is 36.1 Å². The van der Waals surface area contributed by atoms with E-state index in [-0.39, 0.29) is 18.9 Å². The van der Waals surface area contributed by atoms with Crippen molar-refractivity contribution in [1.82, 2.24) is 24.9 Å². The third-order valence-corrected chi connectivity index (χ3v) is 5.05. The zero-order valence-electron chi connectivity index (χ0n) is 16.1. The number of carbonyl (C=O) groups excluding carboxylic acids is 2. The second-order valence-corrected chi connectivity index (χ2v) is 7.09. The molecule has 28 heavy (non-hydrogen) atoms. The van der Waals surface area contributed by atoms with E-state index in [9.17, 15) is 9.59 Å². The van der Waals surface area contributed by atoms with Gasteiger partial charge in [0.05, 0.1) is 37.0 Å². The maximum absolute atomic E-state index is 12.4. The molecule has 0 fully saturated rings. The molecule has 1 aromatic carbocycles. The molecule has 2 aromatic heterocycles. The number of hydrogen-bond acceptors (Lipinski definition) is 5. The van der Waals surface area contributed by atoms with Crippen LogP contribution in [0.25, 0.3) is 10.9 Å². The van der Waals surface area contributed by atoms with Crippen LogP contribution in [0.15, 0.2) is 24.4 Å². The van der Waals surface area contributed by atoms with Gasteiger partial charge in [0.1, 0.15) is 5.56 Å². The minimum Gasteiger partial charge on any atom is -0.465 e. The highest BCUT2D eigenvalue weighted by atomic mass is 16.5. The van der Waals surface area contributed by atoms with Gasteiger partial charge in [0, 0.05) is 25.2 Å². The van der Waals surface area contributed by atoms with E-state index in [0.717, 1.165) is 48.0 Å². The highest BCUT2D eigenvalue weighted by Crippen LogP contribution is 2.22. The van der Waals surface area contributed by atoms with Gasteiger partial charge in [-0.3, -0.25) is 14.2 Å². The number of hydrogen-bond donors (Lipinski definition) is 1. The van der Waals surface area contributed by atoms with Crippen LogP contribution in [-0.2, 0) is 42.5 Å². The van der Waals surface area contributed by atoms with Crippen LogP contribution in [-0.4, -0.2) is 38.5 Å². The zero-order chi connectivity index (χ0) is 19.7. The summed E-state index contributed by atoms with van der Waals surface area (Å²) in [5.41, 5.74) is 3.79. The topological polar surface area (TPSA) is 91.0 Å². The molecule has 0 aliphatic carbocycles. The first-order chi connectivity index (χ1) is 13.5. The summed E-state index contributed by atoms with van der Waals surface area (Å²) in [6.07, 6.45) is 5.05. The molecule has 3 heterocycles. The predicted molar refractivity (Wildman–Crippen MR) is 103 cm³/mol. The summed E-state index contributed by atoms with van der Waals surface area (Å²) >= 11 is 0. The van der Waals surface area contributed by atoms with Crippen molar-refractivity contribution in [2.45, 2.75) is 38.8 Å². The Kier molecular flexibility index (Phi) is 4.85. The molecule has 4 rings (SSSR count). The molecular formula is C20H23N5O3. The van der Waals surface area contributed by atoms with Crippen LogP contribution in [0, 0.1) is 0 Å². The normalized spacial score (nSPS) is 13.4. The van der Waals surface area contributed by atoms with Crippen molar-refractivity contribution in [2.75, 3.05) is 7.11 Å². The minimum atomic E-state index is -0.394. The monoisotopic (exact) mass is 381 g/mol. The van der Waals surface area contributed by atoms with Crippen LogP contribution in [0.3, 0.4) is 0 Å². The first-order valence-electron chi connectivity index (χ1n) is 9.41. The molecule has 1 aliphatic rings. The van der Waals surface area contributed by atoms with E-state index in [0.29, 0.717) is 11.3 Å². The van der Waals surface area contributed by atoms with Crippen LogP contribution < -0.4 is 5.32 Å². The van der Waals surface area contributed by atoms with Crippen LogP contribution in [0.4, 0.5) is 0 Å². The summed E-state index contributed by atoms with van der Waals surface area (Å²) in [5.74, 6) is -0.514. The molecule has 1 amide bonds. The highest BCUT2D eigenvalue weighted by molar-refractivity contribution is 5.92. The van der Waals surface area contributed by atoms with Crippen molar-refractivity contribution in [3.8, 4) is 0 Å². The number of nitrogens with one attached hydrogen (secondary N) is 1. The Morgan fingerprint density at radius 1 is 1.25 bits per heavy atom. The number of esters is 1. The van der Waals surface area contributed by atoms with E-state index in [2.05, 4.69) is 15.5 Å². The van der Waals surface area contributed by atoms with Gasteiger partial charge in [-0.15, -0.1) is 0 Å². The highest BCUT2D eigenvalue weighted by Gasteiger charge is 2.26. The number of rotatable bonds is 5. The average molecular weight is 381 g/mol. The van der Waals surface area contributed by atoms with Gasteiger partial charge in [0.2, 0.25) is 5.91 Å². The molecule has 8 heteroatoms. The van der Waals surface area contributed by atoms with Crippen molar-refractivity contribution in [2.24, 2.45) is 7.05 Å². The lowest BCUT2D eigenvalue weighted by Crippen LogP contribution is -2.25. The number of nitrogens with zero attached hydrogens (tertiary/aromatic N) is 4. The van der Waals surface area contributed by atoms with Gasteiger partial charge >= 0.3 is 5.97 Å². The maximum atomic E-state index is 12.4. The van der Waals surface area contributed by atoms with Gasteiger partial charge in [0.25, 0.3) is 0 Å². The molecule has 1 aliphatic heterocycles. The minimum absolute atomic E-state index is 0.120. The molecule has 146 valence electrons. The summed E-state index contributed by atoms with van der Waals surface area (Å²) in [6, 6.07) is 5.79. The second-order valence-electron chi connectivity index (χ2n) is 7.09. The van der Waals surface area contributed by atoms with Crippen LogP contribution in [0.5, 0.6) is 0 Å². The number of amides is 1. The molecule has 0 unspecified atom stereocenters. The molecule has 3 aromatic rings. The maximum Gasteiger partial charge on any atom is 0.341 e. The average Bonchev–Trinajstić information content (AvgIpc) is 3.24. The lowest BCUT2D eigenvalue weighted by molar-refractivity contribution is -0.120. The molecule has 8 nitrogen and oxygen atoms in total. The molecule has 0 saturated carbocycles. The number of aromatic nitrogens is 4. The summed E-state index contributed by atoms with van der Waals surface area (Å²) < 4.78 is 8.56. The molecule has 0 spiro atoms. The van der Waals surface area contributed by atoms with E-state index in [1.54, 1.807) is 4.68 Å². The lowest BCUT2D eigenvalue weighted by atomic mass is 10.0.